The fourth-order valence-electron chi connectivity index (χ4n) is 1.95. The Bertz CT molecular complexity index is 529. The molecular formula is C15H18N2O2. The highest BCUT2D eigenvalue weighted by Crippen LogP contribution is 2.30. The largest absolute Gasteiger partial charge is 0.497 e. The van der Waals surface area contributed by atoms with Crippen molar-refractivity contribution in [2.45, 2.75) is 13.0 Å². The standard InChI is InChI=1S/C15H18N2O2/c1-11(17-12-5-4-8-16-10-12)14-7-6-13(18-2)9-15(14)19-3/h4-11,17H,1-3H3. The molecule has 0 aliphatic carbocycles. The third kappa shape index (κ3) is 3.16. The molecule has 4 nitrogen and oxygen atoms in total. The first kappa shape index (κ1) is 13.2. The highest BCUT2D eigenvalue weighted by atomic mass is 16.5. The molecule has 100 valence electrons. The summed E-state index contributed by atoms with van der Waals surface area (Å²) in [5.41, 5.74) is 2.06. The lowest BCUT2D eigenvalue weighted by molar-refractivity contribution is 0.390. The van der Waals surface area contributed by atoms with Gasteiger partial charge in [0.15, 0.2) is 0 Å². The molecule has 0 spiro atoms. The summed E-state index contributed by atoms with van der Waals surface area (Å²) < 4.78 is 10.6. The number of nitrogens with zero attached hydrogens (tertiary/aromatic N) is 1. The van der Waals surface area contributed by atoms with E-state index in [1.54, 1.807) is 26.6 Å². The molecule has 1 atom stereocenters. The molecule has 0 fully saturated rings. The fourth-order valence-corrected chi connectivity index (χ4v) is 1.95. The summed E-state index contributed by atoms with van der Waals surface area (Å²) in [6.45, 7) is 2.08. The minimum absolute atomic E-state index is 0.116. The molecule has 1 N–H and O–H groups in total. The van der Waals surface area contributed by atoms with E-state index in [1.165, 1.54) is 0 Å². The van der Waals surface area contributed by atoms with Gasteiger partial charge in [-0.05, 0) is 31.2 Å². The van der Waals surface area contributed by atoms with Crippen LogP contribution in [0.2, 0.25) is 0 Å². The summed E-state index contributed by atoms with van der Waals surface area (Å²) in [5.74, 6) is 1.59. The number of rotatable bonds is 5. The number of methoxy groups -OCH3 is 2. The van der Waals surface area contributed by atoms with E-state index in [0.29, 0.717) is 0 Å². The van der Waals surface area contributed by atoms with Gasteiger partial charge in [-0.3, -0.25) is 4.98 Å². The third-order valence-corrected chi connectivity index (χ3v) is 2.95. The Morgan fingerprint density at radius 3 is 2.63 bits per heavy atom. The van der Waals surface area contributed by atoms with E-state index in [9.17, 15) is 0 Å². The van der Waals surface area contributed by atoms with Crippen molar-refractivity contribution in [3.63, 3.8) is 0 Å². The van der Waals surface area contributed by atoms with E-state index in [1.807, 2.05) is 30.3 Å². The predicted molar refractivity (Wildman–Crippen MR) is 75.8 cm³/mol. The van der Waals surface area contributed by atoms with E-state index in [2.05, 4.69) is 17.2 Å². The molecule has 0 saturated heterocycles. The van der Waals surface area contributed by atoms with Crippen LogP contribution < -0.4 is 14.8 Å². The summed E-state index contributed by atoms with van der Waals surface area (Å²) in [5, 5.41) is 3.39. The highest BCUT2D eigenvalue weighted by Gasteiger charge is 2.12. The van der Waals surface area contributed by atoms with Crippen molar-refractivity contribution in [1.29, 1.82) is 0 Å². The van der Waals surface area contributed by atoms with E-state index in [4.69, 9.17) is 9.47 Å². The summed E-state index contributed by atoms with van der Waals surface area (Å²) in [7, 11) is 3.31. The Morgan fingerprint density at radius 1 is 1.16 bits per heavy atom. The summed E-state index contributed by atoms with van der Waals surface area (Å²) in [4.78, 5) is 4.09. The zero-order chi connectivity index (χ0) is 13.7. The van der Waals surface area contributed by atoms with Crippen molar-refractivity contribution in [3.05, 3.63) is 48.3 Å². The van der Waals surface area contributed by atoms with Gasteiger partial charge >= 0.3 is 0 Å². The number of hydrogen-bond donors (Lipinski definition) is 1. The van der Waals surface area contributed by atoms with Crippen molar-refractivity contribution in [3.8, 4) is 11.5 Å². The minimum atomic E-state index is 0.116. The van der Waals surface area contributed by atoms with Crippen LogP contribution in [0.1, 0.15) is 18.5 Å². The molecule has 19 heavy (non-hydrogen) atoms. The molecule has 2 aromatic rings. The quantitative estimate of drug-likeness (QED) is 0.893. The fraction of sp³-hybridized carbons (Fsp3) is 0.267. The number of benzene rings is 1. The van der Waals surface area contributed by atoms with Crippen LogP contribution in [0, 0.1) is 0 Å². The molecule has 2 rings (SSSR count). The molecule has 1 aromatic heterocycles. The molecule has 4 heteroatoms. The lowest BCUT2D eigenvalue weighted by atomic mass is 10.1. The number of pyridine rings is 1. The van der Waals surface area contributed by atoms with Crippen LogP contribution in [0.25, 0.3) is 0 Å². The highest BCUT2D eigenvalue weighted by molar-refractivity contribution is 5.48. The van der Waals surface area contributed by atoms with Crippen LogP contribution in [-0.4, -0.2) is 19.2 Å². The van der Waals surface area contributed by atoms with Crippen LogP contribution in [0.15, 0.2) is 42.7 Å². The minimum Gasteiger partial charge on any atom is -0.497 e. The van der Waals surface area contributed by atoms with Gasteiger partial charge < -0.3 is 14.8 Å². The number of ether oxygens (including phenoxy) is 2. The molecular weight excluding hydrogens is 240 g/mol. The van der Waals surface area contributed by atoms with Crippen molar-refractivity contribution in [1.82, 2.24) is 4.98 Å². The topological polar surface area (TPSA) is 43.4 Å². The van der Waals surface area contributed by atoms with Gasteiger partial charge in [0.05, 0.1) is 25.9 Å². The van der Waals surface area contributed by atoms with Crippen molar-refractivity contribution in [2.24, 2.45) is 0 Å². The molecule has 1 aromatic carbocycles. The van der Waals surface area contributed by atoms with Gasteiger partial charge in [0.1, 0.15) is 11.5 Å². The SMILES string of the molecule is COc1ccc(C(C)Nc2cccnc2)c(OC)c1. The van der Waals surface area contributed by atoms with Crippen molar-refractivity contribution >= 4 is 5.69 Å². The maximum absolute atomic E-state index is 5.41. The maximum Gasteiger partial charge on any atom is 0.127 e. The van der Waals surface area contributed by atoms with Crippen LogP contribution in [-0.2, 0) is 0 Å². The van der Waals surface area contributed by atoms with E-state index >= 15 is 0 Å². The van der Waals surface area contributed by atoms with Gasteiger partial charge in [0, 0.05) is 24.0 Å². The molecule has 0 bridgehead atoms. The average Bonchev–Trinajstić information content (AvgIpc) is 2.47. The van der Waals surface area contributed by atoms with Crippen molar-refractivity contribution in [2.75, 3.05) is 19.5 Å². The van der Waals surface area contributed by atoms with E-state index < -0.39 is 0 Å². The summed E-state index contributed by atoms with van der Waals surface area (Å²) >= 11 is 0. The first-order valence-corrected chi connectivity index (χ1v) is 6.13. The Kier molecular flexibility index (Phi) is 4.23. The van der Waals surface area contributed by atoms with Crippen LogP contribution in [0.4, 0.5) is 5.69 Å². The van der Waals surface area contributed by atoms with Gasteiger partial charge in [-0.2, -0.15) is 0 Å². The number of anilines is 1. The lowest BCUT2D eigenvalue weighted by Gasteiger charge is -2.18. The predicted octanol–water partition coefficient (Wildman–Crippen LogP) is 3.27. The first-order valence-electron chi connectivity index (χ1n) is 6.13. The number of nitrogens with one attached hydrogen (secondary N) is 1. The van der Waals surface area contributed by atoms with Gasteiger partial charge in [-0.15, -0.1) is 0 Å². The van der Waals surface area contributed by atoms with Crippen LogP contribution >= 0.6 is 0 Å². The van der Waals surface area contributed by atoms with Gasteiger partial charge in [-0.25, -0.2) is 0 Å². The van der Waals surface area contributed by atoms with Gasteiger partial charge in [0.2, 0.25) is 0 Å². The third-order valence-electron chi connectivity index (χ3n) is 2.95. The zero-order valence-electron chi connectivity index (χ0n) is 11.4. The lowest BCUT2D eigenvalue weighted by Crippen LogP contribution is -2.08. The molecule has 1 heterocycles. The molecule has 0 radical (unpaired) electrons. The Hall–Kier alpha value is -2.23. The Balaban J connectivity index is 2.21. The molecule has 0 aliphatic rings. The van der Waals surface area contributed by atoms with Crippen LogP contribution in [0.3, 0.4) is 0 Å². The van der Waals surface area contributed by atoms with E-state index in [-0.39, 0.29) is 6.04 Å². The monoisotopic (exact) mass is 258 g/mol. The molecule has 0 aliphatic heterocycles. The van der Waals surface area contributed by atoms with Gasteiger partial charge in [0.25, 0.3) is 0 Å². The second-order valence-electron chi connectivity index (χ2n) is 4.22. The second kappa shape index (κ2) is 6.09. The van der Waals surface area contributed by atoms with Crippen LogP contribution in [0.5, 0.6) is 11.5 Å². The average molecular weight is 258 g/mol. The maximum atomic E-state index is 5.41. The van der Waals surface area contributed by atoms with E-state index in [0.717, 1.165) is 22.7 Å². The molecule has 1 unspecified atom stereocenters. The number of aromatic nitrogens is 1. The molecule has 0 amide bonds. The molecule has 0 saturated carbocycles. The first-order chi connectivity index (χ1) is 9.24. The smallest absolute Gasteiger partial charge is 0.127 e. The Morgan fingerprint density at radius 2 is 2.00 bits per heavy atom. The summed E-state index contributed by atoms with van der Waals surface area (Å²) in [6.07, 6.45) is 3.55. The van der Waals surface area contributed by atoms with Crippen molar-refractivity contribution < 1.29 is 9.47 Å². The summed E-state index contributed by atoms with van der Waals surface area (Å²) in [6, 6.07) is 9.83. The second-order valence-corrected chi connectivity index (χ2v) is 4.22. The van der Waals surface area contributed by atoms with Gasteiger partial charge in [-0.1, -0.05) is 0 Å². The number of hydrogen-bond acceptors (Lipinski definition) is 4. The zero-order valence-corrected chi connectivity index (χ0v) is 11.4. The Labute approximate surface area is 113 Å². The normalized spacial score (nSPS) is 11.7.